The Kier molecular flexibility index (Phi) is 6.08. The van der Waals surface area contributed by atoms with E-state index >= 15 is 0 Å². The van der Waals surface area contributed by atoms with Crippen molar-refractivity contribution in [3.05, 3.63) is 60.2 Å². The second-order valence-corrected chi connectivity index (χ2v) is 8.81. The molecule has 1 amide bonds. The van der Waals surface area contributed by atoms with Crippen LogP contribution in [-0.4, -0.2) is 26.4 Å². The van der Waals surface area contributed by atoms with Crippen LogP contribution in [0, 0.1) is 6.92 Å². The maximum atomic E-state index is 13.2. The Bertz CT molecular complexity index is 862. The zero-order valence-corrected chi connectivity index (χ0v) is 16.5. The van der Waals surface area contributed by atoms with E-state index < -0.39 is 15.6 Å². The van der Waals surface area contributed by atoms with Crippen molar-refractivity contribution in [1.82, 2.24) is 5.32 Å². The van der Waals surface area contributed by atoms with Gasteiger partial charge in [-0.15, -0.1) is 0 Å². The molecule has 0 aliphatic carbocycles. The number of carbonyl (C=O) groups excluding carboxylic acids is 1. The first-order valence-electron chi connectivity index (χ1n) is 8.61. The highest BCUT2D eigenvalue weighted by Crippen LogP contribution is 2.24. The minimum atomic E-state index is -3.86. The molecule has 0 atom stereocenters. The Hall–Kier alpha value is -2.34. The van der Waals surface area contributed by atoms with Crippen LogP contribution in [0.15, 0.2) is 59.5 Å². The smallest absolute Gasteiger partial charge is 0.264 e. The van der Waals surface area contributed by atoms with E-state index in [1.807, 2.05) is 33.8 Å². The lowest BCUT2D eigenvalue weighted by Crippen LogP contribution is -2.48. The Morgan fingerprint density at radius 2 is 1.73 bits per heavy atom. The van der Waals surface area contributed by atoms with Crippen LogP contribution in [0.25, 0.3) is 0 Å². The van der Waals surface area contributed by atoms with Gasteiger partial charge in [-0.05, 0) is 57.0 Å². The normalized spacial score (nSPS) is 11.8. The van der Waals surface area contributed by atoms with Gasteiger partial charge in [0.1, 0.15) is 6.54 Å². The maximum Gasteiger partial charge on any atom is 0.264 e. The Balaban J connectivity index is 2.41. The van der Waals surface area contributed by atoms with Crippen LogP contribution in [0.4, 0.5) is 5.69 Å². The molecule has 0 saturated carbocycles. The van der Waals surface area contributed by atoms with Gasteiger partial charge in [0.05, 0.1) is 10.6 Å². The first-order valence-corrected chi connectivity index (χ1v) is 10.1. The average molecular weight is 375 g/mol. The SMILES string of the molecule is CCC(C)(C)NC(=O)CN(c1ccccc1)S(=O)(=O)c1cccc(C)c1. The lowest BCUT2D eigenvalue weighted by Gasteiger charge is -2.28. The quantitative estimate of drug-likeness (QED) is 0.807. The number of carbonyl (C=O) groups is 1. The third kappa shape index (κ3) is 4.85. The fraction of sp³-hybridized carbons (Fsp3) is 0.350. The molecule has 0 aromatic heterocycles. The van der Waals surface area contributed by atoms with Crippen LogP contribution in [0.3, 0.4) is 0 Å². The van der Waals surface area contributed by atoms with Gasteiger partial charge >= 0.3 is 0 Å². The molecule has 0 fully saturated rings. The Labute approximate surface area is 156 Å². The minimum absolute atomic E-state index is 0.170. The summed E-state index contributed by atoms with van der Waals surface area (Å²) in [6.45, 7) is 7.35. The van der Waals surface area contributed by atoms with E-state index in [9.17, 15) is 13.2 Å². The van der Waals surface area contributed by atoms with E-state index in [-0.39, 0.29) is 17.3 Å². The lowest BCUT2D eigenvalue weighted by molar-refractivity contribution is -0.121. The summed E-state index contributed by atoms with van der Waals surface area (Å²) in [5, 5.41) is 2.90. The summed E-state index contributed by atoms with van der Waals surface area (Å²) >= 11 is 0. The van der Waals surface area contributed by atoms with Gasteiger partial charge in [0.15, 0.2) is 0 Å². The molecule has 0 heterocycles. The van der Waals surface area contributed by atoms with E-state index in [1.54, 1.807) is 48.5 Å². The van der Waals surface area contributed by atoms with Crippen molar-refractivity contribution in [1.29, 1.82) is 0 Å². The molecule has 0 unspecified atom stereocenters. The molecule has 2 aromatic rings. The van der Waals surface area contributed by atoms with Gasteiger partial charge < -0.3 is 5.32 Å². The molecule has 0 radical (unpaired) electrons. The van der Waals surface area contributed by atoms with Crippen LogP contribution in [0.5, 0.6) is 0 Å². The molecule has 6 heteroatoms. The van der Waals surface area contributed by atoms with Crippen molar-refractivity contribution in [2.75, 3.05) is 10.8 Å². The Morgan fingerprint density at radius 1 is 1.08 bits per heavy atom. The van der Waals surface area contributed by atoms with Crippen LogP contribution in [0.2, 0.25) is 0 Å². The zero-order chi connectivity index (χ0) is 19.4. The van der Waals surface area contributed by atoms with Gasteiger partial charge in [-0.1, -0.05) is 37.3 Å². The third-order valence-corrected chi connectivity index (χ3v) is 6.04. The van der Waals surface area contributed by atoms with Crippen LogP contribution >= 0.6 is 0 Å². The molecular weight excluding hydrogens is 348 g/mol. The van der Waals surface area contributed by atoms with Crippen molar-refractivity contribution < 1.29 is 13.2 Å². The molecule has 2 rings (SSSR count). The second kappa shape index (κ2) is 7.91. The summed E-state index contributed by atoms with van der Waals surface area (Å²) in [7, 11) is -3.86. The van der Waals surface area contributed by atoms with Crippen molar-refractivity contribution >= 4 is 21.6 Å². The monoisotopic (exact) mass is 374 g/mol. The van der Waals surface area contributed by atoms with Crippen molar-refractivity contribution in [2.45, 2.75) is 44.6 Å². The molecule has 0 bridgehead atoms. The summed E-state index contributed by atoms with van der Waals surface area (Å²) in [5.74, 6) is -0.336. The molecule has 26 heavy (non-hydrogen) atoms. The van der Waals surface area contributed by atoms with Gasteiger partial charge in [0.2, 0.25) is 5.91 Å². The molecule has 0 aliphatic rings. The molecule has 0 spiro atoms. The number of benzene rings is 2. The number of aryl methyl sites for hydroxylation is 1. The van der Waals surface area contributed by atoms with Gasteiger partial charge in [0, 0.05) is 5.54 Å². The minimum Gasteiger partial charge on any atom is -0.350 e. The Morgan fingerprint density at radius 3 is 2.31 bits per heavy atom. The first kappa shape index (κ1) is 20.0. The number of para-hydroxylation sites is 1. The number of rotatable bonds is 7. The van der Waals surface area contributed by atoms with Crippen LogP contribution in [-0.2, 0) is 14.8 Å². The van der Waals surface area contributed by atoms with Gasteiger partial charge in [-0.2, -0.15) is 0 Å². The standard InChI is InChI=1S/C20H26N2O3S/c1-5-20(3,4)21-19(23)15-22(17-11-7-6-8-12-17)26(24,25)18-13-9-10-16(2)14-18/h6-14H,5,15H2,1-4H3,(H,21,23). The predicted molar refractivity (Wildman–Crippen MR) is 105 cm³/mol. The summed E-state index contributed by atoms with van der Waals surface area (Å²) in [6, 6.07) is 15.4. The van der Waals surface area contributed by atoms with E-state index in [2.05, 4.69) is 5.32 Å². The zero-order valence-electron chi connectivity index (χ0n) is 15.7. The highest BCUT2D eigenvalue weighted by molar-refractivity contribution is 7.92. The third-order valence-electron chi connectivity index (χ3n) is 4.27. The van der Waals surface area contributed by atoms with Crippen molar-refractivity contribution in [2.24, 2.45) is 0 Å². The van der Waals surface area contributed by atoms with Crippen molar-refractivity contribution in [3.63, 3.8) is 0 Å². The van der Waals surface area contributed by atoms with E-state index in [1.165, 1.54) is 0 Å². The van der Waals surface area contributed by atoms with Crippen molar-refractivity contribution in [3.8, 4) is 0 Å². The fourth-order valence-corrected chi connectivity index (χ4v) is 3.97. The molecule has 140 valence electrons. The van der Waals surface area contributed by atoms with E-state index in [4.69, 9.17) is 0 Å². The van der Waals surface area contributed by atoms with Crippen LogP contribution in [0.1, 0.15) is 32.8 Å². The van der Waals surface area contributed by atoms with Crippen LogP contribution < -0.4 is 9.62 Å². The number of nitrogens with zero attached hydrogens (tertiary/aromatic N) is 1. The number of amides is 1. The lowest BCUT2D eigenvalue weighted by atomic mass is 10.0. The van der Waals surface area contributed by atoms with Gasteiger partial charge in [-0.3, -0.25) is 9.10 Å². The predicted octanol–water partition coefficient (Wildman–Crippen LogP) is 3.50. The number of hydrogen-bond donors (Lipinski definition) is 1. The van der Waals surface area contributed by atoms with Gasteiger partial charge in [-0.25, -0.2) is 8.42 Å². The van der Waals surface area contributed by atoms with E-state index in [0.29, 0.717) is 5.69 Å². The maximum absolute atomic E-state index is 13.2. The molecular formula is C20H26N2O3S. The average Bonchev–Trinajstić information content (AvgIpc) is 2.60. The molecule has 2 aromatic carbocycles. The molecule has 0 aliphatic heterocycles. The van der Waals surface area contributed by atoms with E-state index in [0.717, 1.165) is 16.3 Å². The second-order valence-electron chi connectivity index (χ2n) is 6.95. The summed E-state index contributed by atoms with van der Waals surface area (Å²) in [4.78, 5) is 12.7. The summed E-state index contributed by atoms with van der Waals surface area (Å²) in [5.41, 5.74) is 0.904. The largest absolute Gasteiger partial charge is 0.350 e. The summed E-state index contributed by atoms with van der Waals surface area (Å²) in [6.07, 6.45) is 0.745. The highest BCUT2D eigenvalue weighted by atomic mass is 32.2. The first-order chi connectivity index (χ1) is 12.2. The highest BCUT2D eigenvalue weighted by Gasteiger charge is 2.28. The fourth-order valence-electron chi connectivity index (χ4n) is 2.45. The number of sulfonamides is 1. The summed E-state index contributed by atoms with van der Waals surface area (Å²) < 4.78 is 27.6. The number of nitrogens with one attached hydrogen (secondary N) is 1. The topological polar surface area (TPSA) is 66.5 Å². The molecule has 5 nitrogen and oxygen atoms in total. The number of anilines is 1. The molecule has 1 N–H and O–H groups in total. The van der Waals surface area contributed by atoms with Gasteiger partial charge in [0.25, 0.3) is 10.0 Å². The number of hydrogen-bond acceptors (Lipinski definition) is 3. The molecule has 0 saturated heterocycles.